The summed E-state index contributed by atoms with van der Waals surface area (Å²) in [6.07, 6.45) is 2.38. The van der Waals surface area contributed by atoms with Gasteiger partial charge in [-0.1, -0.05) is 18.2 Å². The smallest absolute Gasteiger partial charge is 0.336 e. The molecular formula is C22H26N3O6P. The summed E-state index contributed by atoms with van der Waals surface area (Å²) in [7, 11) is -3.36. The second-order valence-corrected chi connectivity index (χ2v) is 9.46. The number of esters is 1. The fourth-order valence-electron chi connectivity index (χ4n) is 4.13. The first kappa shape index (κ1) is 22.5. The molecule has 2 heterocycles. The lowest BCUT2D eigenvalue weighted by atomic mass is 10.0. The summed E-state index contributed by atoms with van der Waals surface area (Å²) in [6, 6.07) is 5.69. The van der Waals surface area contributed by atoms with Crippen molar-refractivity contribution in [2.45, 2.75) is 39.8 Å². The van der Waals surface area contributed by atoms with E-state index in [9.17, 15) is 14.2 Å². The number of rotatable bonds is 9. The van der Waals surface area contributed by atoms with Gasteiger partial charge in [0.25, 0.3) is 5.56 Å². The maximum atomic E-state index is 12.9. The number of hydrogen-bond donors (Lipinski definition) is 1. The molecule has 2 aromatic heterocycles. The van der Waals surface area contributed by atoms with E-state index in [0.717, 1.165) is 22.4 Å². The number of benzene rings is 1. The average Bonchev–Trinajstić information content (AvgIpc) is 3.31. The monoisotopic (exact) mass is 459 g/mol. The summed E-state index contributed by atoms with van der Waals surface area (Å²) >= 11 is 0. The summed E-state index contributed by atoms with van der Waals surface area (Å²) < 4.78 is 30.5. The van der Waals surface area contributed by atoms with Crippen LogP contribution in [0.1, 0.15) is 43.3 Å². The maximum Gasteiger partial charge on any atom is 0.336 e. The minimum absolute atomic E-state index is 0.0222. The van der Waals surface area contributed by atoms with Crippen molar-refractivity contribution in [2.75, 3.05) is 19.8 Å². The lowest BCUT2D eigenvalue weighted by molar-refractivity contribution is -0.142. The first-order valence-electron chi connectivity index (χ1n) is 10.7. The van der Waals surface area contributed by atoms with Crippen LogP contribution in [0.3, 0.4) is 0 Å². The molecule has 1 aliphatic rings. The van der Waals surface area contributed by atoms with Gasteiger partial charge in [-0.2, -0.15) is 0 Å². The van der Waals surface area contributed by atoms with Gasteiger partial charge in [0.1, 0.15) is 0 Å². The van der Waals surface area contributed by atoms with Gasteiger partial charge in [0.05, 0.1) is 49.5 Å². The van der Waals surface area contributed by atoms with Gasteiger partial charge in [-0.15, -0.1) is 0 Å². The summed E-state index contributed by atoms with van der Waals surface area (Å²) in [4.78, 5) is 32.2. The van der Waals surface area contributed by atoms with Gasteiger partial charge in [0.2, 0.25) is 5.65 Å². The normalized spacial score (nSPS) is 12.7. The van der Waals surface area contributed by atoms with Gasteiger partial charge in [0, 0.05) is 18.2 Å². The maximum absolute atomic E-state index is 12.9. The van der Waals surface area contributed by atoms with E-state index in [4.69, 9.17) is 13.8 Å². The predicted molar refractivity (Wildman–Crippen MR) is 119 cm³/mol. The van der Waals surface area contributed by atoms with Crippen LogP contribution in [-0.4, -0.2) is 40.2 Å². The van der Waals surface area contributed by atoms with Gasteiger partial charge in [-0.05, 0) is 31.9 Å². The van der Waals surface area contributed by atoms with Gasteiger partial charge < -0.3 is 18.8 Å². The highest BCUT2D eigenvalue weighted by Crippen LogP contribution is 2.51. The second-order valence-electron chi connectivity index (χ2n) is 7.41. The Labute approximate surface area is 185 Å². The molecule has 1 N–H and O–H groups in total. The van der Waals surface area contributed by atoms with Crippen LogP contribution in [0.5, 0.6) is 0 Å². The molecule has 0 fully saturated rings. The highest BCUT2D eigenvalue weighted by molar-refractivity contribution is 7.53. The average molecular weight is 459 g/mol. The minimum Gasteiger partial charge on any atom is -0.466 e. The molecule has 0 radical (unpaired) electrons. The van der Waals surface area contributed by atoms with Crippen molar-refractivity contribution < 1.29 is 23.1 Å². The molecule has 0 spiro atoms. The summed E-state index contributed by atoms with van der Waals surface area (Å²) in [6.45, 7) is 6.10. The molecule has 0 aliphatic heterocycles. The minimum atomic E-state index is -3.36. The molecule has 9 nitrogen and oxygen atoms in total. The molecule has 0 bridgehead atoms. The Balaban J connectivity index is 1.74. The van der Waals surface area contributed by atoms with Gasteiger partial charge in [-0.25, -0.2) is 4.98 Å². The van der Waals surface area contributed by atoms with Crippen molar-refractivity contribution in [3.05, 3.63) is 57.3 Å². The molecule has 32 heavy (non-hydrogen) atoms. The second kappa shape index (κ2) is 9.02. The highest BCUT2D eigenvalue weighted by atomic mass is 31.2. The van der Waals surface area contributed by atoms with Crippen LogP contribution in [0.2, 0.25) is 0 Å². The highest BCUT2D eigenvalue weighted by Gasteiger charge is 2.29. The Morgan fingerprint density at radius 2 is 1.94 bits per heavy atom. The van der Waals surface area contributed by atoms with Crippen molar-refractivity contribution in [1.29, 1.82) is 0 Å². The summed E-state index contributed by atoms with van der Waals surface area (Å²) in [5.41, 5.74) is 4.60. The van der Waals surface area contributed by atoms with Gasteiger partial charge >= 0.3 is 13.6 Å². The lowest BCUT2D eigenvalue weighted by Crippen LogP contribution is -2.13. The van der Waals surface area contributed by atoms with Crippen molar-refractivity contribution >= 4 is 19.2 Å². The number of imidazole rings is 1. The number of fused-ring (bicyclic) bond motifs is 5. The van der Waals surface area contributed by atoms with Crippen LogP contribution in [0.15, 0.2) is 29.2 Å². The number of aromatic amines is 1. The molecular weight excluding hydrogens is 433 g/mol. The van der Waals surface area contributed by atoms with Crippen molar-refractivity contribution in [3.8, 4) is 11.3 Å². The Hall–Kier alpha value is -2.74. The van der Waals surface area contributed by atoms with Crippen LogP contribution in [0.25, 0.3) is 16.9 Å². The molecule has 0 saturated heterocycles. The third-order valence-corrected chi connectivity index (χ3v) is 7.33. The Morgan fingerprint density at radius 3 is 2.62 bits per heavy atom. The molecule has 0 amide bonds. The molecule has 0 unspecified atom stereocenters. The van der Waals surface area contributed by atoms with E-state index in [1.807, 2.05) is 18.2 Å². The molecule has 1 aliphatic carbocycles. The summed E-state index contributed by atoms with van der Waals surface area (Å²) in [5.74, 6) is -0.289. The van der Waals surface area contributed by atoms with E-state index < -0.39 is 7.60 Å². The molecule has 3 aromatic rings. The zero-order chi connectivity index (χ0) is 22.9. The van der Waals surface area contributed by atoms with E-state index in [0.29, 0.717) is 24.4 Å². The largest absolute Gasteiger partial charge is 0.466 e. The number of carbonyl (C=O) groups excluding carboxylic acids is 1. The number of hydrogen-bond acceptors (Lipinski definition) is 7. The third kappa shape index (κ3) is 4.16. The topological polar surface area (TPSA) is 112 Å². The Morgan fingerprint density at radius 1 is 1.19 bits per heavy atom. The SMILES string of the molecule is CCOC(=O)Cc1cccc2c1Cc1c-2[nH]c(=O)c2nc(CP(=O)(OCC)OCC)cn12. The third-order valence-electron chi connectivity index (χ3n) is 5.31. The van der Waals surface area contributed by atoms with E-state index in [-0.39, 0.29) is 43.0 Å². The number of nitrogens with zero attached hydrogens (tertiary/aromatic N) is 2. The first-order valence-corrected chi connectivity index (χ1v) is 12.4. The quantitative estimate of drug-likeness (QED) is 0.301. The number of carbonyl (C=O) groups is 1. The van der Waals surface area contributed by atoms with Crippen molar-refractivity contribution in [2.24, 2.45) is 0 Å². The van der Waals surface area contributed by atoms with Crippen molar-refractivity contribution in [1.82, 2.24) is 14.4 Å². The standard InChI is InChI=1S/C22H26N3O6P/c1-4-29-19(26)10-14-8-7-9-16-17(14)11-18-20(16)24-22(27)21-23-15(12-25(18)21)13-32(28,30-5-2)31-6-3/h7-9,12H,4-6,10-11,13H2,1-3H3,(H,24,27). The van der Waals surface area contributed by atoms with Crippen LogP contribution >= 0.6 is 7.60 Å². The predicted octanol–water partition coefficient (Wildman–Crippen LogP) is 3.47. The number of ether oxygens (including phenoxy) is 1. The lowest BCUT2D eigenvalue weighted by Gasteiger charge is -2.15. The fourth-order valence-corrected chi connectivity index (χ4v) is 5.72. The Kier molecular flexibility index (Phi) is 6.33. The number of nitrogens with one attached hydrogen (secondary N) is 1. The van der Waals surface area contributed by atoms with Crippen LogP contribution in [-0.2, 0) is 42.1 Å². The van der Waals surface area contributed by atoms with Crippen LogP contribution in [0, 0.1) is 0 Å². The fraction of sp³-hybridized carbons (Fsp3) is 0.409. The van der Waals surface area contributed by atoms with E-state index in [2.05, 4.69) is 9.97 Å². The number of H-pyrrole nitrogens is 1. The first-order chi connectivity index (χ1) is 15.4. The molecule has 10 heteroatoms. The van der Waals surface area contributed by atoms with Gasteiger partial charge in [-0.3, -0.25) is 18.6 Å². The molecule has 4 rings (SSSR count). The van der Waals surface area contributed by atoms with Gasteiger partial charge in [0.15, 0.2) is 0 Å². The van der Waals surface area contributed by atoms with E-state index in [1.54, 1.807) is 31.4 Å². The molecule has 0 saturated carbocycles. The molecule has 170 valence electrons. The zero-order valence-corrected chi connectivity index (χ0v) is 19.2. The zero-order valence-electron chi connectivity index (χ0n) is 18.3. The van der Waals surface area contributed by atoms with Crippen LogP contribution in [0.4, 0.5) is 0 Å². The van der Waals surface area contributed by atoms with E-state index in [1.165, 1.54) is 0 Å². The number of aromatic nitrogens is 3. The van der Waals surface area contributed by atoms with Crippen LogP contribution < -0.4 is 5.56 Å². The molecule has 1 aromatic carbocycles. The molecule has 0 atom stereocenters. The van der Waals surface area contributed by atoms with E-state index >= 15 is 0 Å². The summed E-state index contributed by atoms with van der Waals surface area (Å²) in [5, 5.41) is 0. The van der Waals surface area contributed by atoms with Crippen molar-refractivity contribution in [3.63, 3.8) is 0 Å². The Bertz CT molecular complexity index is 1270.